The van der Waals surface area contributed by atoms with Crippen molar-refractivity contribution in [1.29, 1.82) is 0 Å². The van der Waals surface area contributed by atoms with Gasteiger partial charge in [0.05, 0.1) is 5.54 Å². The van der Waals surface area contributed by atoms with Gasteiger partial charge in [-0.1, -0.05) is 25.4 Å². The lowest BCUT2D eigenvalue weighted by molar-refractivity contribution is 0.440. The fourth-order valence-corrected chi connectivity index (χ4v) is 0.705. The van der Waals surface area contributed by atoms with E-state index in [0.717, 1.165) is 18.6 Å². The van der Waals surface area contributed by atoms with Crippen molar-refractivity contribution in [2.24, 2.45) is 15.3 Å². The van der Waals surface area contributed by atoms with Crippen LogP contribution in [0.4, 0.5) is 0 Å². The molecule has 126 valence electrons. The van der Waals surface area contributed by atoms with Gasteiger partial charge in [0.2, 0.25) is 0 Å². The molecule has 0 aliphatic carbocycles. The van der Waals surface area contributed by atoms with Crippen LogP contribution in [0.5, 0.6) is 0 Å². The maximum absolute atomic E-state index is 5.97. The van der Waals surface area contributed by atoms with Crippen LogP contribution in [-0.4, -0.2) is 21.8 Å². The number of rotatable bonds is 4. The van der Waals surface area contributed by atoms with Crippen LogP contribution in [0.3, 0.4) is 0 Å². The molecular formula is C16H35ClN4. The molecule has 0 amide bonds. The summed E-state index contributed by atoms with van der Waals surface area (Å²) in [5, 5.41) is 12.3. The highest BCUT2D eigenvalue weighted by molar-refractivity contribution is 6.23. The zero-order valence-electron chi connectivity index (χ0n) is 15.6. The number of nitrogens with zero attached hydrogens (tertiary/aromatic N) is 3. The van der Waals surface area contributed by atoms with E-state index in [9.17, 15) is 0 Å². The van der Waals surface area contributed by atoms with Crippen LogP contribution in [-0.2, 0) is 0 Å². The van der Waals surface area contributed by atoms with Gasteiger partial charge in [-0.15, -0.1) is 0 Å². The smallest absolute Gasteiger partial charge is 0.151 e. The summed E-state index contributed by atoms with van der Waals surface area (Å²) < 4.78 is 0. The lowest BCUT2D eigenvalue weighted by Gasteiger charge is -2.17. The predicted octanol–water partition coefficient (Wildman–Crippen LogP) is 5.76. The largest absolute Gasteiger partial charge is 0.305 e. The van der Waals surface area contributed by atoms with Gasteiger partial charge in [-0.2, -0.15) is 15.3 Å². The Balaban J connectivity index is 0. The second-order valence-corrected chi connectivity index (χ2v) is 8.24. The van der Waals surface area contributed by atoms with Crippen molar-refractivity contribution in [1.82, 2.24) is 5.43 Å². The van der Waals surface area contributed by atoms with Gasteiger partial charge in [-0.3, -0.25) is 0 Å². The summed E-state index contributed by atoms with van der Waals surface area (Å²) in [4.78, 5) is -0.521. The Morgan fingerprint density at radius 3 is 1.71 bits per heavy atom. The maximum atomic E-state index is 5.97. The van der Waals surface area contributed by atoms with Gasteiger partial charge < -0.3 is 5.43 Å². The average molecular weight is 319 g/mol. The topological polar surface area (TPSA) is 49.1 Å². The molecular weight excluding hydrogens is 284 g/mol. The highest BCUT2D eigenvalue weighted by Gasteiger charge is 2.18. The molecule has 5 heteroatoms. The lowest BCUT2D eigenvalue weighted by atomic mass is 10.1. The standard InChI is InChI=1S/C8H17ClN2.C8H18N2/c1-6-8(5,9)11-10-7(2,3)4;1-6-7(2)9-10-8(3,4)5/h6H2,1-5H3;10H,6H2,1-5H3. The van der Waals surface area contributed by atoms with Gasteiger partial charge in [0.25, 0.3) is 0 Å². The molecule has 0 aliphatic rings. The van der Waals surface area contributed by atoms with Gasteiger partial charge in [0.15, 0.2) is 5.00 Å². The minimum absolute atomic E-state index is 0.0937. The second-order valence-electron chi connectivity index (χ2n) is 7.43. The molecule has 0 rings (SSSR count). The number of nitrogens with one attached hydrogen (secondary N) is 1. The number of hydrogen-bond acceptors (Lipinski definition) is 4. The molecule has 1 atom stereocenters. The van der Waals surface area contributed by atoms with Crippen LogP contribution in [0, 0.1) is 0 Å². The van der Waals surface area contributed by atoms with E-state index >= 15 is 0 Å². The Hall–Kier alpha value is -0.640. The van der Waals surface area contributed by atoms with Crippen molar-refractivity contribution < 1.29 is 0 Å². The predicted molar refractivity (Wildman–Crippen MR) is 95.4 cm³/mol. The first-order valence-corrected chi connectivity index (χ1v) is 8.03. The van der Waals surface area contributed by atoms with E-state index in [1.54, 1.807) is 0 Å². The number of hydrazone groups is 1. The van der Waals surface area contributed by atoms with Crippen LogP contribution in [0.1, 0.15) is 82.1 Å². The number of halogens is 1. The summed E-state index contributed by atoms with van der Waals surface area (Å²) in [6, 6.07) is 0. The van der Waals surface area contributed by atoms with E-state index in [1.807, 2.05) is 41.5 Å². The highest BCUT2D eigenvalue weighted by atomic mass is 35.5. The number of hydrogen-bond donors (Lipinski definition) is 1. The number of azo groups is 1. The summed E-state index contributed by atoms with van der Waals surface area (Å²) in [5.41, 5.74) is 4.18. The molecule has 0 radical (unpaired) electrons. The zero-order chi connectivity index (χ0) is 17.3. The van der Waals surface area contributed by atoms with Crippen LogP contribution in [0.25, 0.3) is 0 Å². The molecule has 0 aromatic rings. The van der Waals surface area contributed by atoms with Crippen LogP contribution < -0.4 is 5.43 Å². The third kappa shape index (κ3) is 19.4. The number of alkyl halides is 1. The molecule has 1 unspecified atom stereocenters. The molecule has 1 N–H and O–H groups in total. The fourth-order valence-electron chi connectivity index (χ4n) is 0.667. The van der Waals surface area contributed by atoms with E-state index in [1.165, 1.54) is 0 Å². The quantitative estimate of drug-likeness (QED) is 0.231. The van der Waals surface area contributed by atoms with Crippen molar-refractivity contribution in [2.45, 2.75) is 98.2 Å². The molecule has 21 heavy (non-hydrogen) atoms. The molecule has 0 saturated heterocycles. The van der Waals surface area contributed by atoms with Crippen LogP contribution >= 0.6 is 11.6 Å². The van der Waals surface area contributed by atoms with Gasteiger partial charge in [-0.05, 0) is 68.2 Å². The summed E-state index contributed by atoms with van der Waals surface area (Å²) in [6.45, 7) is 20.3. The van der Waals surface area contributed by atoms with E-state index in [0.29, 0.717) is 0 Å². The molecule has 0 aliphatic heterocycles. The monoisotopic (exact) mass is 318 g/mol. The lowest BCUT2D eigenvalue weighted by Crippen LogP contribution is -2.31. The fraction of sp³-hybridized carbons (Fsp3) is 0.938. The molecule has 0 aromatic carbocycles. The summed E-state index contributed by atoms with van der Waals surface area (Å²) >= 11 is 5.97. The molecule has 0 aromatic heterocycles. The van der Waals surface area contributed by atoms with E-state index in [2.05, 4.69) is 48.5 Å². The van der Waals surface area contributed by atoms with Gasteiger partial charge in [0.1, 0.15) is 0 Å². The van der Waals surface area contributed by atoms with Gasteiger partial charge in [-0.25, -0.2) is 0 Å². The Morgan fingerprint density at radius 2 is 1.43 bits per heavy atom. The van der Waals surface area contributed by atoms with Crippen LogP contribution in [0.15, 0.2) is 15.3 Å². The summed E-state index contributed by atoms with van der Waals surface area (Å²) in [6.07, 6.45) is 1.82. The molecule has 0 fully saturated rings. The minimum Gasteiger partial charge on any atom is -0.305 e. The molecule has 0 spiro atoms. The summed E-state index contributed by atoms with van der Waals surface area (Å²) in [5.74, 6) is 0. The Labute approximate surface area is 136 Å². The van der Waals surface area contributed by atoms with Crippen molar-refractivity contribution >= 4 is 17.3 Å². The van der Waals surface area contributed by atoms with Crippen molar-refractivity contribution in [3.63, 3.8) is 0 Å². The first kappa shape index (κ1) is 22.6. The van der Waals surface area contributed by atoms with Gasteiger partial charge >= 0.3 is 0 Å². The molecule has 0 heterocycles. The third-order valence-electron chi connectivity index (χ3n) is 2.30. The minimum atomic E-state index is -0.521. The van der Waals surface area contributed by atoms with Crippen molar-refractivity contribution in [2.75, 3.05) is 0 Å². The Bertz CT molecular complexity index is 333. The second kappa shape index (κ2) is 9.39. The Kier molecular flexibility index (Phi) is 10.1. The first-order valence-electron chi connectivity index (χ1n) is 7.65. The molecule has 0 bridgehead atoms. The normalized spacial score (nSPS) is 16.2. The highest BCUT2D eigenvalue weighted by Crippen LogP contribution is 2.22. The molecule has 0 saturated carbocycles. The maximum Gasteiger partial charge on any atom is 0.151 e. The van der Waals surface area contributed by atoms with E-state index in [4.69, 9.17) is 11.6 Å². The van der Waals surface area contributed by atoms with E-state index in [-0.39, 0.29) is 11.1 Å². The molecule has 4 nitrogen and oxygen atoms in total. The van der Waals surface area contributed by atoms with Crippen molar-refractivity contribution in [3.8, 4) is 0 Å². The SMILES string of the molecule is CCC(C)(Cl)N=NC(C)(C)C.CCC(C)=NNC(C)(C)C. The van der Waals surface area contributed by atoms with Crippen molar-refractivity contribution in [3.05, 3.63) is 0 Å². The van der Waals surface area contributed by atoms with Gasteiger partial charge in [0, 0.05) is 11.3 Å². The Morgan fingerprint density at radius 1 is 0.952 bits per heavy atom. The van der Waals surface area contributed by atoms with Crippen LogP contribution in [0.2, 0.25) is 0 Å². The summed E-state index contributed by atoms with van der Waals surface area (Å²) in [7, 11) is 0. The first-order chi connectivity index (χ1) is 9.22. The third-order valence-corrected chi connectivity index (χ3v) is 2.64. The zero-order valence-corrected chi connectivity index (χ0v) is 16.4. The van der Waals surface area contributed by atoms with E-state index < -0.39 is 5.00 Å². The average Bonchev–Trinajstić information content (AvgIpc) is 2.33.